The molecule has 2 heterocycles. The van der Waals surface area contributed by atoms with E-state index in [1.165, 1.54) is 0 Å². The summed E-state index contributed by atoms with van der Waals surface area (Å²) in [4.78, 5) is 29.9. The van der Waals surface area contributed by atoms with Gasteiger partial charge in [0.05, 0.1) is 6.04 Å². The molecule has 0 fully saturated rings. The molecule has 154 valence electrons. The predicted octanol–water partition coefficient (Wildman–Crippen LogP) is 4.91. The minimum absolute atomic E-state index is 0.0557. The van der Waals surface area contributed by atoms with Crippen LogP contribution in [-0.4, -0.2) is 23.0 Å². The largest absolute Gasteiger partial charge is 0.361 e. The van der Waals surface area contributed by atoms with Gasteiger partial charge in [-0.1, -0.05) is 48.5 Å². The zero-order chi connectivity index (χ0) is 21.3. The zero-order valence-corrected chi connectivity index (χ0v) is 17.4. The average molecular weight is 403 g/mol. The summed E-state index contributed by atoms with van der Waals surface area (Å²) in [5.41, 5.74) is 2.91. The molecular formula is C24H25N3O3. The molecular weight excluding hydrogens is 378 g/mol. The van der Waals surface area contributed by atoms with Crippen molar-refractivity contribution < 1.29 is 14.1 Å². The number of nitrogens with zero attached hydrogens (tertiary/aromatic N) is 3. The Hall–Kier alpha value is -3.41. The first kappa shape index (κ1) is 19.9. The number of hydrogen-bond donors (Lipinski definition) is 0. The Morgan fingerprint density at radius 1 is 1.13 bits per heavy atom. The van der Waals surface area contributed by atoms with Crippen molar-refractivity contribution in [3.05, 3.63) is 77.7 Å². The third kappa shape index (κ3) is 3.49. The molecule has 0 radical (unpaired) electrons. The fourth-order valence-corrected chi connectivity index (χ4v) is 4.18. The van der Waals surface area contributed by atoms with Crippen LogP contribution in [0.4, 0.5) is 11.4 Å². The van der Waals surface area contributed by atoms with Crippen LogP contribution in [0.5, 0.6) is 0 Å². The van der Waals surface area contributed by atoms with Crippen LogP contribution in [0.3, 0.4) is 0 Å². The summed E-state index contributed by atoms with van der Waals surface area (Å²) in [6, 6.07) is 18.9. The molecule has 0 N–H and O–H groups in total. The third-order valence-electron chi connectivity index (χ3n) is 5.54. The van der Waals surface area contributed by atoms with E-state index < -0.39 is 0 Å². The lowest BCUT2D eigenvalue weighted by Crippen LogP contribution is -2.47. The Labute approximate surface area is 176 Å². The topological polar surface area (TPSA) is 66.7 Å². The number of amides is 2. The van der Waals surface area contributed by atoms with Gasteiger partial charge in [0.2, 0.25) is 5.91 Å². The number of aromatic nitrogens is 1. The van der Waals surface area contributed by atoms with Crippen molar-refractivity contribution in [2.45, 2.75) is 45.7 Å². The fraction of sp³-hybridized carbons (Fsp3) is 0.292. The number of carbonyl (C=O) groups is 2. The molecule has 0 saturated carbocycles. The van der Waals surface area contributed by atoms with Crippen LogP contribution in [-0.2, 0) is 4.79 Å². The lowest BCUT2D eigenvalue weighted by Gasteiger charge is -2.43. The van der Waals surface area contributed by atoms with Gasteiger partial charge in [-0.2, -0.15) is 0 Å². The van der Waals surface area contributed by atoms with Gasteiger partial charge in [-0.25, -0.2) is 0 Å². The fourth-order valence-electron chi connectivity index (χ4n) is 4.18. The number of carbonyl (C=O) groups excluding carboxylic acids is 2. The second kappa shape index (κ2) is 8.14. The smallest absolute Gasteiger partial charge is 0.280 e. The highest BCUT2D eigenvalue weighted by molar-refractivity contribution is 6.06. The highest BCUT2D eigenvalue weighted by Gasteiger charge is 2.39. The normalized spacial score (nSPS) is 18.0. The van der Waals surface area contributed by atoms with E-state index >= 15 is 0 Å². The Morgan fingerprint density at radius 2 is 1.83 bits per heavy atom. The van der Waals surface area contributed by atoms with Crippen LogP contribution < -0.4 is 9.80 Å². The molecule has 4 rings (SSSR count). The van der Waals surface area contributed by atoms with Crippen molar-refractivity contribution in [3.8, 4) is 0 Å². The number of benzene rings is 2. The molecule has 2 aromatic carbocycles. The van der Waals surface area contributed by atoms with Crippen LogP contribution in [0.1, 0.15) is 54.5 Å². The van der Waals surface area contributed by atoms with Crippen LogP contribution in [0.2, 0.25) is 0 Å². The summed E-state index contributed by atoms with van der Waals surface area (Å²) in [5, 5.41) is 3.91. The van der Waals surface area contributed by atoms with Crippen molar-refractivity contribution in [1.82, 2.24) is 5.16 Å². The Kier molecular flexibility index (Phi) is 5.40. The Bertz CT molecular complexity index is 1060. The molecule has 3 aromatic rings. The number of anilines is 2. The molecule has 2 unspecified atom stereocenters. The first-order valence-electron chi connectivity index (χ1n) is 10.2. The summed E-state index contributed by atoms with van der Waals surface area (Å²) in [6.07, 6.45) is 1.03. The highest BCUT2D eigenvalue weighted by Crippen LogP contribution is 2.42. The van der Waals surface area contributed by atoms with Gasteiger partial charge in [0.15, 0.2) is 5.69 Å². The van der Waals surface area contributed by atoms with E-state index in [9.17, 15) is 9.59 Å². The molecule has 0 saturated heterocycles. The number of fused-ring (bicyclic) bond motifs is 1. The zero-order valence-electron chi connectivity index (χ0n) is 17.4. The summed E-state index contributed by atoms with van der Waals surface area (Å²) in [5.74, 6) is 0.455. The summed E-state index contributed by atoms with van der Waals surface area (Å²) in [7, 11) is 0. The van der Waals surface area contributed by atoms with E-state index in [0.29, 0.717) is 18.6 Å². The molecule has 6 nitrogen and oxygen atoms in total. The van der Waals surface area contributed by atoms with Gasteiger partial charge in [-0.3, -0.25) is 9.59 Å². The minimum atomic E-state index is -0.196. The van der Waals surface area contributed by atoms with E-state index in [-0.39, 0.29) is 29.6 Å². The Morgan fingerprint density at radius 3 is 2.50 bits per heavy atom. The first-order chi connectivity index (χ1) is 14.5. The van der Waals surface area contributed by atoms with Crippen LogP contribution >= 0.6 is 0 Å². The van der Waals surface area contributed by atoms with Gasteiger partial charge in [-0.05, 0) is 44.0 Å². The summed E-state index contributed by atoms with van der Waals surface area (Å²) in [6.45, 7) is 5.65. The maximum atomic E-state index is 13.2. The molecule has 1 aliphatic rings. The molecule has 6 heteroatoms. The second-order valence-corrected chi connectivity index (χ2v) is 7.61. The maximum Gasteiger partial charge on any atom is 0.280 e. The SMILES string of the molecule is CCC(=O)N(c1ccccc1)C1CC(C)N(C(=O)c2cc(C)on2)c2ccccc21. The van der Waals surface area contributed by atoms with Gasteiger partial charge in [0, 0.05) is 29.9 Å². The van der Waals surface area contributed by atoms with E-state index in [4.69, 9.17) is 4.52 Å². The highest BCUT2D eigenvalue weighted by atomic mass is 16.5. The molecule has 30 heavy (non-hydrogen) atoms. The Balaban J connectivity index is 1.79. The monoisotopic (exact) mass is 403 g/mol. The minimum Gasteiger partial charge on any atom is -0.361 e. The average Bonchev–Trinajstić information content (AvgIpc) is 3.20. The van der Waals surface area contributed by atoms with Gasteiger partial charge < -0.3 is 14.3 Å². The van der Waals surface area contributed by atoms with Crippen LogP contribution in [0, 0.1) is 6.92 Å². The van der Waals surface area contributed by atoms with Crippen molar-refractivity contribution in [2.75, 3.05) is 9.80 Å². The lowest BCUT2D eigenvalue weighted by atomic mass is 9.89. The van der Waals surface area contributed by atoms with Crippen LogP contribution in [0.25, 0.3) is 0 Å². The van der Waals surface area contributed by atoms with E-state index in [1.54, 1.807) is 17.9 Å². The van der Waals surface area contributed by atoms with Crippen molar-refractivity contribution >= 4 is 23.2 Å². The lowest BCUT2D eigenvalue weighted by molar-refractivity contribution is -0.118. The van der Waals surface area contributed by atoms with Gasteiger partial charge in [0.25, 0.3) is 5.91 Å². The van der Waals surface area contributed by atoms with Crippen molar-refractivity contribution in [3.63, 3.8) is 0 Å². The van der Waals surface area contributed by atoms with E-state index in [2.05, 4.69) is 5.16 Å². The summed E-state index contributed by atoms with van der Waals surface area (Å²) < 4.78 is 5.11. The molecule has 1 aromatic heterocycles. The summed E-state index contributed by atoms with van der Waals surface area (Å²) >= 11 is 0. The van der Waals surface area contributed by atoms with Gasteiger partial charge in [0.1, 0.15) is 5.76 Å². The van der Waals surface area contributed by atoms with E-state index in [0.717, 1.165) is 16.9 Å². The van der Waals surface area contributed by atoms with Gasteiger partial charge >= 0.3 is 0 Å². The molecule has 0 spiro atoms. The number of para-hydroxylation sites is 2. The van der Waals surface area contributed by atoms with E-state index in [1.807, 2.05) is 73.3 Å². The maximum absolute atomic E-state index is 13.2. The quantitative estimate of drug-likeness (QED) is 0.621. The van der Waals surface area contributed by atoms with Gasteiger partial charge in [-0.15, -0.1) is 0 Å². The molecule has 2 atom stereocenters. The predicted molar refractivity (Wildman–Crippen MR) is 116 cm³/mol. The number of rotatable bonds is 4. The molecule has 0 bridgehead atoms. The van der Waals surface area contributed by atoms with Crippen molar-refractivity contribution in [1.29, 1.82) is 0 Å². The first-order valence-corrected chi connectivity index (χ1v) is 10.2. The molecule has 2 amide bonds. The second-order valence-electron chi connectivity index (χ2n) is 7.61. The third-order valence-corrected chi connectivity index (χ3v) is 5.54. The number of aryl methyl sites for hydroxylation is 1. The molecule has 1 aliphatic heterocycles. The standard InChI is InChI=1S/C24H25N3O3/c1-4-23(28)27(18-10-6-5-7-11-18)22-14-16(2)26(21-13-9-8-12-19(21)22)24(29)20-15-17(3)30-25-20/h5-13,15-16,22H,4,14H2,1-3H3. The van der Waals surface area contributed by atoms with Crippen molar-refractivity contribution in [2.24, 2.45) is 0 Å². The van der Waals surface area contributed by atoms with Crippen LogP contribution in [0.15, 0.2) is 65.2 Å². The molecule has 0 aliphatic carbocycles. The number of hydrogen-bond acceptors (Lipinski definition) is 4.